The number of rotatable bonds is 19. The predicted molar refractivity (Wildman–Crippen MR) is 137 cm³/mol. The van der Waals surface area contributed by atoms with Crippen LogP contribution in [0.4, 0.5) is 17.3 Å². The average molecular weight is 441 g/mol. The number of nitrogens with zero attached hydrogens (tertiary/aromatic N) is 3. The van der Waals surface area contributed by atoms with Crippen LogP contribution in [0.25, 0.3) is 0 Å². The molecule has 32 heavy (non-hydrogen) atoms. The maximum absolute atomic E-state index is 6.24. The molecule has 0 aromatic carbocycles. The van der Waals surface area contributed by atoms with Gasteiger partial charge in [-0.1, -0.05) is 96.5 Å². The van der Waals surface area contributed by atoms with Crippen molar-refractivity contribution in [3.8, 4) is 0 Å². The minimum Gasteiger partial charge on any atom is -0.393 e. The molecule has 2 heterocycles. The highest BCUT2D eigenvalue weighted by Crippen LogP contribution is 2.23. The number of nitrogens with one attached hydrogen (secondary N) is 2. The molecule has 0 atom stereocenters. The van der Waals surface area contributed by atoms with Crippen molar-refractivity contribution in [1.29, 1.82) is 0 Å². The second-order valence-corrected chi connectivity index (χ2v) is 8.72. The lowest BCUT2D eigenvalue weighted by atomic mass is 10.0. The zero-order valence-electron chi connectivity index (χ0n) is 20.1. The summed E-state index contributed by atoms with van der Waals surface area (Å²) in [7, 11) is 0. The Labute approximate surface area is 195 Å². The number of aromatic nitrogens is 3. The Hall–Kier alpha value is -2.37. The largest absolute Gasteiger partial charge is 0.393 e. The Morgan fingerprint density at radius 1 is 0.750 bits per heavy atom. The summed E-state index contributed by atoms with van der Waals surface area (Å²) in [5.41, 5.74) is 7.90. The molecule has 0 spiro atoms. The van der Waals surface area contributed by atoms with Gasteiger partial charge in [0, 0.05) is 25.5 Å². The monoisotopic (exact) mass is 440 g/mol. The Bertz CT molecular complexity index is 707. The van der Waals surface area contributed by atoms with Crippen molar-refractivity contribution in [2.75, 3.05) is 22.9 Å². The van der Waals surface area contributed by atoms with E-state index in [9.17, 15) is 0 Å². The number of pyridine rings is 1. The van der Waals surface area contributed by atoms with Crippen molar-refractivity contribution in [1.82, 2.24) is 15.0 Å². The molecule has 0 saturated heterocycles. The van der Waals surface area contributed by atoms with Crippen molar-refractivity contribution in [3.05, 3.63) is 36.4 Å². The molecule has 2 aromatic heterocycles. The van der Waals surface area contributed by atoms with Crippen molar-refractivity contribution >= 4 is 17.3 Å². The molecule has 0 aliphatic carbocycles. The summed E-state index contributed by atoms with van der Waals surface area (Å²) >= 11 is 0. The van der Waals surface area contributed by atoms with Crippen LogP contribution in [0.1, 0.15) is 102 Å². The van der Waals surface area contributed by atoms with Gasteiger partial charge in [0.05, 0.1) is 0 Å². The summed E-state index contributed by atoms with van der Waals surface area (Å²) in [5, 5.41) is 6.63. The fourth-order valence-electron chi connectivity index (χ4n) is 3.89. The number of hydrogen-bond acceptors (Lipinski definition) is 6. The maximum atomic E-state index is 6.24. The van der Waals surface area contributed by atoms with Gasteiger partial charge in [0.25, 0.3) is 0 Å². The number of unbranched alkanes of at least 4 members (excludes halogenated alkanes) is 13. The van der Waals surface area contributed by atoms with Crippen LogP contribution in [0.5, 0.6) is 0 Å². The zero-order chi connectivity index (χ0) is 22.7. The van der Waals surface area contributed by atoms with Gasteiger partial charge in [-0.3, -0.25) is 4.98 Å². The van der Waals surface area contributed by atoms with Gasteiger partial charge in [-0.15, -0.1) is 0 Å². The first-order valence-corrected chi connectivity index (χ1v) is 12.8. The lowest BCUT2D eigenvalue weighted by Crippen LogP contribution is -2.10. The third-order valence-electron chi connectivity index (χ3n) is 5.89. The van der Waals surface area contributed by atoms with Gasteiger partial charge in [0.1, 0.15) is 12.0 Å². The number of nitrogen functional groups attached to an aromatic ring is 1. The van der Waals surface area contributed by atoms with Crippen LogP contribution >= 0.6 is 0 Å². The fourth-order valence-corrected chi connectivity index (χ4v) is 3.89. The molecule has 0 radical (unpaired) electrons. The SMILES string of the molecule is CCCCCCCCCCCCCCCCNc1ncnc(NCc2cccnc2)c1N. The Morgan fingerprint density at radius 3 is 1.88 bits per heavy atom. The highest BCUT2D eigenvalue weighted by Gasteiger charge is 2.07. The van der Waals surface area contributed by atoms with Crippen LogP contribution in [0.3, 0.4) is 0 Å². The first-order valence-electron chi connectivity index (χ1n) is 12.8. The summed E-state index contributed by atoms with van der Waals surface area (Å²) in [5.74, 6) is 1.37. The molecule has 0 unspecified atom stereocenters. The number of nitrogens with two attached hydrogens (primary N) is 1. The third-order valence-corrected chi connectivity index (χ3v) is 5.89. The Balaban J connectivity index is 1.47. The molecule has 2 aromatic rings. The van der Waals surface area contributed by atoms with Crippen LogP contribution in [-0.2, 0) is 6.54 Å². The molecule has 0 fully saturated rings. The zero-order valence-corrected chi connectivity index (χ0v) is 20.1. The van der Waals surface area contributed by atoms with E-state index in [-0.39, 0.29) is 0 Å². The summed E-state index contributed by atoms with van der Waals surface area (Å²) in [6.07, 6.45) is 24.3. The molecular formula is C26H44N6. The van der Waals surface area contributed by atoms with Crippen LogP contribution in [-0.4, -0.2) is 21.5 Å². The lowest BCUT2D eigenvalue weighted by Gasteiger charge is -2.12. The van der Waals surface area contributed by atoms with E-state index in [0.717, 1.165) is 18.5 Å². The summed E-state index contributed by atoms with van der Waals surface area (Å²) in [4.78, 5) is 12.7. The number of hydrogen-bond donors (Lipinski definition) is 3. The molecule has 6 heteroatoms. The molecule has 0 amide bonds. The van der Waals surface area contributed by atoms with Crippen LogP contribution in [0, 0.1) is 0 Å². The van der Waals surface area contributed by atoms with Gasteiger partial charge < -0.3 is 16.4 Å². The van der Waals surface area contributed by atoms with Gasteiger partial charge >= 0.3 is 0 Å². The van der Waals surface area contributed by atoms with Crippen LogP contribution < -0.4 is 16.4 Å². The quantitative estimate of drug-likeness (QED) is 0.205. The molecule has 6 nitrogen and oxygen atoms in total. The minimum atomic E-state index is 0.571. The fraction of sp³-hybridized carbons (Fsp3) is 0.654. The molecule has 0 aliphatic heterocycles. The predicted octanol–water partition coefficient (Wildman–Crippen LogP) is 6.96. The average Bonchev–Trinajstić information content (AvgIpc) is 2.82. The first-order chi connectivity index (χ1) is 15.8. The first kappa shape index (κ1) is 25.9. The number of anilines is 3. The van der Waals surface area contributed by atoms with Gasteiger partial charge in [-0.25, -0.2) is 9.97 Å². The normalized spacial score (nSPS) is 10.9. The van der Waals surface area contributed by atoms with Crippen molar-refractivity contribution in [2.45, 2.75) is 103 Å². The highest BCUT2D eigenvalue weighted by molar-refractivity contribution is 5.73. The van der Waals surface area contributed by atoms with Crippen LogP contribution in [0.15, 0.2) is 30.9 Å². The minimum absolute atomic E-state index is 0.571. The van der Waals surface area contributed by atoms with Gasteiger partial charge in [0.15, 0.2) is 11.6 Å². The topological polar surface area (TPSA) is 88.8 Å². The maximum Gasteiger partial charge on any atom is 0.155 e. The molecule has 2 rings (SSSR count). The van der Waals surface area contributed by atoms with E-state index in [1.807, 2.05) is 18.3 Å². The molecular weight excluding hydrogens is 396 g/mol. The standard InChI is InChI=1S/C26H44N6/c1-2-3-4-5-6-7-8-9-10-11-12-13-14-15-19-29-25-24(27)26(32-22-31-25)30-21-23-17-16-18-28-20-23/h16-18,20,22H,2-15,19,21,27H2,1H3,(H2,29,30,31,32). The van der Waals surface area contributed by atoms with Gasteiger partial charge in [-0.05, 0) is 18.1 Å². The van der Waals surface area contributed by atoms with E-state index >= 15 is 0 Å². The van der Waals surface area contributed by atoms with Crippen LogP contribution in [0.2, 0.25) is 0 Å². The molecule has 0 aliphatic rings. The molecule has 0 saturated carbocycles. The summed E-state index contributed by atoms with van der Waals surface area (Å²) < 4.78 is 0. The Kier molecular flexibility index (Phi) is 13.9. The van der Waals surface area contributed by atoms with Crippen molar-refractivity contribution < 1.29 is 0 Å². The lowest BCUT2D eigenvalue weighted by molar-refractivity contribution is 0.537. The van der Waals surface area contributed by atoms with Gasteiger partial charge in [-0.2, -0.15) is 0 Å². The molecule has 4 N–H and O–H groups in total. The third kappa shape index (κ3) is 11.3. The van der Waals surface area contributed by atoms with E-state index in [2.05, 4.69) is 32.5 Å². The summed E-state index contributed by atoms with van der Waals surface area (Å²) in [6, 6.07) is 3.94. The van der Waals surface area contributed by atoms with E-state index in [1.54, 1.807) is 12.5 Å². The van der Waals surface area contributed by atoms with E-state index < -0.39 is 0 Å². The second kappa shape index (κ2) is 17.2. The highest BCUT2D eigenvalue weighted by atomic mass is 15.1. The smallest absolute Gasteiger partial charge is 0.155 e. The molecule has 178 valence electrons. The van der Waals surface area contributed by atoms with E-state index in [0.29, 0.717) is 23.9 Å². The van der Waals surface area contributed by atoms with E-state index in [1.165, 1.54) is 83.5 Å². The van der Waals surface area contributed by atoms with E-state index in [4.69, 9.17) is 5.73 Å². The van der Waals surface area contributed by atoms with Crippen molar-refractivity contribution in [3.63, 3.8) is 0 Å². The molecule has 0 bridgehead atoms. The Morgan fingerprint density at radius 2 is 1.31 bits per heavy atom. The second-order valence-electron chi connectivity index (χ2n) is 8.72. The summed E-state index contributed by atoms with van der Waals surface area (Å²) in [6.45, 7) is 3.80. The van der Waals surface area contributed by atoms with Crippen molar-refractivity contribution in [2.24, 2.45) is 0 Å². The van der Waals surface area contributed by atoms with Gasteiger partial charge in [0.2, 0.25) is 0 Å².